The minimum Gasteiger partial charge on any atom is -0.480 e. The first-order valence-electron chi connectivity index (χ1n) is 5.43. The Morgan fingerprint density at radius 3 is 2.75 bits per heavy atom. The van der Waals surface area contributed by atoms with Crippen LogP contribution in [0.5, 0.6) is 0 Å². The molecule has 1 atom stereocenters. The van der Waals surface area contributed by atoms with Gasteiger partial charge in [0.05, 0.1) is 6.33 Å². The van der Waals surface area contributed by atoms with Gasteiger partial charge in [0, 0.05) is 31.9 Å². The van der Waals surface area contributed by atoms with Crippen LogP contribution in [0.2, 0.25) is 0 Å². The standard InChI is InChI=1S/C11H19N3O2/c1-8(2)10(11(15)16)13-5-4-9-6-12-7-14(9)3/h6-8,10,13H,4-5H2,1-3H3,(H,15,16). The van der Waals surface area contributed by atoms with Crippen LogP contribution < -0.4 is 5.32 Å². The first kappa shape index (κ1) is 12.7. The summed E-state index contributed by atoms with van der Waals surface area (Å²) in [5, 5.41) is 12.0. The number of carboxylic acids is 1. The number of nitrogens with one attached hydrogen (secondary N) is 1. The Kier molecular flexibility index (Phi) is 4.49. The molecular formula is C11H19N3O2. The molecule has 90 valence electrons. The number of hydrogen-bond donors (Lipinski definition) is 2. The Morgan fingerprint density at radius 2 is 2.31 bits per heavy atom. The van der Waals surface area contributed by atoms with E-state index in [4.69, 9.17) is 5.11 Å². The van der Waals surface area contributed by atoms with Crippen LogP contribution in [0.4, 0.5) is 0 Å². The summed E-state index contributed by atoms with van der Waals surface area (Å²) >= 11 is 0. The van der Waals surface area contributed by atoms with E-state index in [0.29, 0.717) is 6.54 Å². The molecule has 1 aromatic heterocycles. The van der Waals surface area contributed by atoms with E-state index in [0.717, 1.165) is 12.1 Å². The van der Waals surface area contributed by atoms with Crippen molar-refractivity contribution in [2.45, 2.75) is 26.3 Å². The zero-order chi connectivity index (χ0) is 12.1. The number of carboxylic acid groups (broad SMARTS) is 1. The van der Waals surface area contributed by atoms with Crippen LogP contribution in [0.25, 0.3) is 0 Å². The van der Waals surface area contributed by atoms with Gasteiger partial charge in [-0.1, -0.05) is 13.8 Å². The summed E-state index contributed by atoms with van der Waals surface area (Å²) in [4.78, 5) is 14.9. The molecule has 0 aliphatic rings. The minimum absolute atomic E-state index is 0.0871. The Labute approximate surface area is 95.5 Å². The van der Waals surface area contributed by atoms with Crippen LogP contribution in [0.1, 0.15) is 19.5 Å². The van der Waals surface area contributed by atoms with Crippen molar-refractivity contribution in [1.29, 1.82) is 0 Å². The highest BCUT2D eigenvalue weighted by Crippen LogP contribution is 2.02. The molecule has 0 saturated carbocycles. The Hall–Kier alpha value is -1.36. The summed E-state index contributed by atoms with van der Waals surface area (Å²) in [5.74, 6) is -0.705. The lowest BCUT2D eigenvalue weighted by atomic mass is 10.0. The number of imidazole rings is 1. The summed E-state index contributed by atoms with van der Waals surface area (Å²) in [6.45, 7) is 4.44. The van der Waals surface area contributed by atoms with Crippen molar-refractivity contribution < 1.29 is 9.90 Å². The average Bonchev–Trinajstić information content (AvgIpc) is 2.57. The van der Waals surface area contributed by atoms with Crippen molar-refractivity contribution in [2.24, 2.45) is 13.0 Å². The molecule has 1 aromatic rings. The highest BCUT2D eigenvalue weighted by atomic mass is 16.4. The van der Waals surface area contributed by atoms with Gasteiger partial charge in [0.1, 0.15) is 6.04 Å². The molecule has 1 heterocycles. The van der Waals surface area contributed by atoms with Gasteiger partial charge in [0.15, 0.2) is 0 Å². The molecule has 0 fully saturated rings. The first-order chi connectivity index (χ1) is 7.52. The predicted molar refractivity (Wildman–Crippen MR) is 61.2 cm³/mol. The van der Waals surface area contributed by atoms with Gasteiger partial charge in [-0.05, 0) is 5.92 Å². The molecule has 0 radical (unpaired) electrons. The van der Waals surface area contributed by atoms with Crippen molar-refractivity contribution >= 4 is 5.97 Å². The topological polar surface area (TPSA) is 67.2 Å². The van der Waals surface area contributed by atoms with Gasteiger partial charge < -0.3 is 15.0 Å². The van der Waals surface area contributed by atoms with Crippen LogP contribution in [0.15, 0.2) is 12.5 Å². The van der Waals surface area contributed by atoms with Crippen molar-refractivity contribution in [3.05, 3.63) is 18.2 Å². The molecule has 0 saturated heterocycles. The quantitative estimate of drug-likeness (QED) is 0.746. The molecule has 0 amide bonds. The van der Waals surface area contributed by atoms with E-state index < -0.39 is 12.0 Å². The molecule has 16 heavy (non-hydrogen) atoms. The first-order valence-corrected chi connectivity index (χ1v) is 5.43. The third kappa shape index (κ3) is 3.34. The highest BCUT2D eigenvalue weighted by molar-refractivity contribution is 5.73. The van der Waals surface area contributed by atoms with Gasteiger partial charge in [-0.15, -0.1) is 0 Å². The van der Waals surface area contributed by atoms with Crippen LogP contribution in [0, 0.1) is 5.92 Å². The van der Waals surface area contributed by atoms with Gasteiger partial charge >= 0.3 is 5.97 Å². The molecule has 0 aliphatic carbocycles. The largest absolute Gasteiger partial charge is 0.480 e. The number of aromatic nitrogens is 2. The molecule has 5 heteroatoms. The Balaban J connectivity index is 2.40. The maximum absolute atomic E-state index is 10.9. The minimum atomic E-state index is -0.792. The van der Waals surface area contributed by atoms with Crippen molar-refractivity contribution in [3.8, 4) is 0 Å². The molecule has 1 unspecified atom stereocenters. The van der Waals surface area contributed by atoms with E-state index in [1.807, 2.05) is 25.5 Å². The number of rotatable bonds is 6. The number of aliphatic carboxylic acids is 1. The fraction of sp³-hybridized carbons (Fsp3) is 0.636. The average molecular weight is 225 g/mol. The molecular weight excluding hydrogens is 206 g/mol. The van der Waals surface area contributed by atoms with Gasteiger partial charge in [-0.2, -0.15) is 0 Å². The van der Waals surface area contributed by atoms with Crippen LogP contribution >= 0.6 is 0 Å². The number of nitrogens with zero attached hydrogens (tertiary/aromatic N) is 2. The number of carbonyl (C=O) groups is 1. The molecule has 0 spiro atoms. The lowest BCUT2D eigenvalue weighted by Gasteiger charge is -2.17. The van der Waals surface area contributed by atoms with E-state index in [1.54, 1.807) is 12.5 Å². The van der Waals surface area contributed by atoms with E-state index >= 15 is 0 Å². The fourth-order valence-electron chi connectivity index (χ4n) is 1.59. The SMILES string of the molecule is CC(C)C(NCCc1cncn1C)C(=O)O. The maximum atomic E-state index is 10.9. The van der Waals surface area contributed by atoms with Gasteiger partial charge in [-0.3, -0.25) is 4.79 Å². The lowest BCUT2D eigenvalue weighted by molar-refractivity contribution is -0.140. The zero-order valence-electron chi connectivity index (χ0n) is 9.97. The van der Waals surface area contributed by atoms with E-state index in [2.05, 4.69) is 10.3 Å². The number of hydrogen-bond acceptors (Lipinski definition) is 3. The maximum Gasteiger partial charge on any atom is 0.320 e. The molecule has 0 bridgehead atoms. The normalized spacial score (nSPS) is 13.0. The van der Waals surface area contributed by atoms with E-state index in [9.17, 15) is 4.79 Å². The summed E-state index contributed by atoms with van der Waals surface area (Å²) in [5.41, 5.74) is 1.10. The Bertz CT molecular complexity index is 347. The third-order valence-electron chi connectivity index (χ3n) is 2.59. The second-order valence-electron chi connectivity index (χ2n) is 4.26. The van der Waals surface area contributed by atoms with E-state index in [-0.39, 0.29) is 5.92 Å². The highest BCUT2D eigenvalue weighted by Gasteiger charge is 2.20. The zero-order valence-corrected chi connectivity index (χ0v) is 9.97. The van der Waals surface area contributed by atoms with Crippen molar-refractivity contribution in [3.63, 3.8) is 0 Å². The van der Waals surface area contributed by atoms with Gasteiger partial charge in [0.25, 0.3) is 0 Å². The molecule has 5 nitrogen and oxygen atoms in total. The third-order valence-corrected chi connectivity index (χ3v) is 2.59. The summed E-state index contributed by atoms with van der Waals surface area (Å²) in [7, 11) is 1.93. The molecule has 1 rings (SSSR count). The lowest BCUT2D eigenvalue weighted by Crippen LogP contribution is -2.41. The monoisotopic (exact) mass is 225 g/mol. The van der Waals surface area contributed by atoms with Crippen LogP contribution in [-0.4, -0.2) is 33.2 Å². The second-order valence-corrected chi connectivity index (χ2v) is 4.26. The second kappa shape index (κ2) is 5.65. The van der Waals surface area contributed by atoms with Gasteiger partial charge in [-0.25, -0.2) is 4.98 Å². The summed E-state index contributed by atoms with van der Waals surface area (Å²) < 4.78 is 1.94. The van der Waals surface area contributed by atoms with E-state index in [1.165, 1.54) is 0 Å². The molecule has 0 aromatic carbocycles. The Morgan fingerprint density at radius 1 is 1.62 bits per heavy atom. The summed E-state index contributed by atoms with van der Waals surface area (Å²) in [6.07, 6.45) is 4.33. The van der Waals surface area contributed by atoms with Crippen LogP contribution in [-0.2, 0) is 18.3 Å². The molecule has 2 N–H and O–H groups in total. The summed E-state index contributed by atoms with van der Waals surface area (Å²) in [6, 6.07) is -0.478. The van der Waals surface area contributed by atoms with Crippen LogP contribution in [0.3, 0.4) is 0 Å². The van der Waals surface area contributed by atoms with Crippen molar-refractivity contribution in [2.75, 3.05) is 6.54 Å². The van der Waals surface area contributed by atoms with Gasteiger partial charge in [0.2, 0.25) is 0 Å². The fourth-order valence-corrected chi connectivity index (χ4v) is 1.59. The van der Waals surface area contributed by atoms with Crippen molar-refractivity contribution in [1.82, 2.24) is 14.9 Å². The predicted octanol–water partition coefficient (Wildman–Crippen LogP) is 0.661. The smallest absolute Gasteiger partial charge is 0.320 e. The number of aryl methyl sites for hydroxylation is 1. The molecule has 0 aliphatic heterocycles.